The Hall–Kier alpha value is -3.35. The smallest absolute Gasteiger partial charge is 0.410 e. The minimum absolute atomic E-state index is 0.0167. The highest BCUT2D eigenvalue weighted by molar-refractivity contribution is 5.79. The van der Waals surface area contributed by atoms with Crippen molar-refractivity contribution in [1.82, 2.24) is 4.90 Å². The minimum atomic E-state index is -1.02. The van der Waals surface area contributed by atoms with Crippen molar-refractivity contribution in [3.8, 4) is 16.9 Å². The number of amides is 1. The van der Waals surface area contributed by atoms with Crippen LogP contribution in [-0.2, 0) is 15.1 Å². The number of aliphatic hydroxyl groups is 1. The van der Waals surface area contributed by atoms with E-state index in [1.165, 1.54) is 22.3 Å². The summed E-state index contributed by atoms with van der Waals surface area (Å²) in [6.07, 6.45) is 0.479. The summed E-state index contributed by atoms with van der Waals surface area (Å²) in [5.74, 6) is 0.799. The van der Waals surface area contributed by atoms with Crippen molar-refractivity contribution in [2.24, 2.45) is 0 Å². The van der Waals surface area contributed by atoms with E-state index in [1.807, 2.05) is 55.5 Å². The number of hydrogen-bond acceptors (Lipinski definition) is 5. The van der Waals surface area contributed by atoms with Crippen LogP contribution in [0.5, 0.6) is 5.75 Å². The van der Waals surface area contributed by atoms with Crippen molar-refractivity contribution in [2.45, 2.75) is 43.4 Å². The number of carbonyl (C=O) groups is 1. The molecule has 2 fully saturated rings. The molecule has 0 aromatic heterocycles. The lowest BCUT2D eigenvalue weighted by atomic mass is 9.77. The summed E-state index contributed by atoms with van der Waals surface area (Å²) in [7, 11) is 0. The SMILES string of the molecule is CCOc1ccc(C2(O)CC3COCC(C2)N3C(=O)OCC2c3ccccc3-c3ccccc32)cc1. The van der Waals surface area contributed by atoms with E-state index in [9.17, 15) is 9.90 Å². The van der Waals surface area contributed by atoms with Crippen molar-refractivity contribution in [3.63, 3.8) is 0 Å². The first-order chi connectivity index (χ1) is 17.6. The first kappa shape index (κ1) is 23.1. The van der Waals surface area contributed by atoms with E-state index >= 15 is 0 Å². The average Bonchev–Trinajstić information content (AvgIpc) is 3.21. The number of fused-ring (bicyclic) bond motifs is 5. The maximum Gasteiger partial charge on any atom is 0.410 e. The van der Waals surface area contributed by atoms with Crippen molar-refractivity contribution in [1.29, 1.82) is 0 Å². The fourth-order valence-corrected chi connectivity index (χ4v) is 6.21. The van der Waals surface area contributed by atoms with Crippen LogP contribution in [0.15, 0.2) is 72.8 Å². The van der Waals surface area contributed by atoms with Crippen LogP contribution in [0.25, 0.3) is 11.1 Å². The van der Waals surface area contributed by atoms with Gasteiger partial charge in [-0.25, -0.2) is 4.79 Å². The molecule has 3 aromatic rings. The fourth-order valence-electron chi connectivity index (χ4n) is 6.21. The Kier molecular flexibility index (Phi) is 5.94. The standard InChI is InChI=1S/C30H31NO5/c1-2-35-23-13-11-20(12-14-23)30(33)15-21-17-34-18-22(16-30)31(21)29(32)36-19-28-26-9-5-3-7-24(26)25-8-4-6-10-27(25)28/h3-14,21-22,28,33H,2,15-19H2,1H3. The lowest BCUT2D eigenvalue weighted by Gasteiger charge is -2.51. The van der Waals surface area contributed by atoms with Crippen molar-refractivity contribution in [3.05, 3.63) is 89.5 Å². The molecule has 2 heterocycles. The van der Waals surface area contributed by atoms with Gasteiger partial charge in [0.05, 0.1) is 37.5 Å². The van der Waals surface area contributed by atoms with Crippen LogP contribution in [0.3, 0.4) is 0 Å². The zero-order valence-corrected chi connectivity index (χ0v) is 20.4. The molecule has 6 heteroatoms. The summed E-state index contributed by atoms with van der Waals surface area (Å²) in [6, 6.07) is 23.8. The third-order valence-electron chi connectivity index (χ3n) is 7.80. The molecule has 2 bridgehead atoms. The summed E-state index contributed by atoms with van der Waals surface area (Å²) in [4.78, 5) is 15.2. The molecular weight excluding hydrogens is 454 g/mol. The van der Waals surface area contributed by atoms with Crippen LogP contribution >= 0.6 is 0 Å². The number of nitrogens with zero attached hydrogens (tertiary/aromatic N) is 1. The molecule has 2 atom stereocenters. The first-order valence-electron chi connectivity index (χ1n) is 12.7. The van der Waals surface area contributed by atoms with Gasteiger partial charge in [-0.2, -0.15) is 0 Å². The molecule has 6 nitrogen and oxygen atoms in total. The third-order valence-corrected chi connectivity index (χ3v) is 7.80. The molecule has 6 rings (SSSR count). The van der Waals surface area contributed by atoms with E-state index < -0.39 is 5.60 Å². The highest BCUT2D eigenvalue weighted by Gasteiger charge is 2.49. The second-order valence-electron chi connectivity index (χ2n) is 9.95. The normalized spacial score (nSPS) is 24.7. The Bertz CT molecular complexity index is 1200. The van der Waals surface area contributed by atoms with E-state index in [0.29, 0.717) is 32.7 Å². The quantitative estimate of drug-likeness (QED) is 0.546. The molecular formula is C30H31NO5. The van der Waals surface area contributed by atoms with E-state index in [-0.39, 0.29) is 30.7 Å². The molecule has 36 heavy (non-hydrogen) atoms. The predicted octanol–water partition coefficient (Wildman–Crippen LogP) is 5.09. The van der Waals surface area contributed by atoms with Crippen LogP contribution in [0.1, 0.15) is 42.4 Å². The largest absolute Gasteiger partial charge is 0.494 e. The van der Waals surface area contributed by atoms with Gasteiger partial charge in [0, 0.05) is 18.8 Å². The highest BCUT2D eigenvalue weighted by Crippen LogP contribution is 2.45. The zero-order valence-electron chi connectivity index (χ0n) is 20.4. The van der Waals surface area contributed by atoms with Gasteiger partial charge in [0.1, 0.15) is 12.4 Å². The molecule has 0 spiro atoms. The van der Waals surface area contributed by atoms with Gasteiger partial charge in [-0.05, 0) is 46.9 Å². The van der Waals surface area contributed by atoms with Gasteiger partial charge in [0.25, 0.3) is 0 Å². The van der Waals surface area contributed by atoms with E-state index in [1.54, 1.807) is 4.90 Å². The number of ether oxygens (including phenoxy) is 3. The lowest BCUT2D eigenvalue weighted by Crippen LogP contribution is -2.62. The molecule has 1 N–H and O–H groups in total. The molecule has 186 valence electrons. The van der Waals surface area contributed by atoms with Gasteiger partial charge < -0.3 is 19.3 Å². The number of hydrogen-bond donors (Lipinski definition) is 1. The number of carbonyl (C=O) groups excluding carboxylic acids is 1. The molecule has 2 unspecified atom stereocenters. The molecule has 2 aliphatic heterocycles. The molecule has 2 saturated heterocycles. The maximum atomic E-state index is 13.4. The second-order valence-corrected chi connectivity index (χ2v) is 9.95. The van der Waals surface area contributed by atoms with Gasteiger partial charge >= 0.3 is 6.09 Å². The van der Waals surface area contributed by atoms with Crippen LogP contribution in [-0.4, -0.2) is 54.6 Å². The predicted molar refractivity (Wildman–Crippen MR) is 136 cm³/mol. The lowest BCUT2D eigenvalue weighted by molar-refractivity contribution is -0.136. The van der Waals surface area contributed by atoms with Gasteiger partial charge in [0.2, 0.25) is 0 Å². The van der Waals surface area contributed by atoms with Crippen LogP contribution in [0, 0.1) is 0 Å². The number of piperidine rings is 1. The van der Waals surface area contributed by atoms with Crippen molar-refractivity contribution < 1.29 is 24.1 Å². The Morgan fingerprint density at radius 3 is 2.11 bits per heavy atom. The van der Waals surface area contributed by atoms with Gasteiger partial charge in [-0.1, -0.05) is 60.7 Å². The van der Waals surface area contributed by atoms with Crippen molar-refractivity contribution >= 4 is 6.09 Å². The van der Waals surface area contributed by atoms with E-state index in [4.69, 9.17) is 14.2 Å². The van der Waals surface area contributed by atoms with Gasteiger partial charge in [0.15, 0.2) is 0 Å². The van der Waals surface area contributed by atoms with E-state index in [0.717, 1.165) is 11.3 Å². The highest BCUT2D eigenvalue weighted by atomic mass is 16.6. The van der Waals surface area contributed by atoms with Gasteiger partial charge in [-0.3, -0.25) is 4.90 Å². The third kappa shape index (κ3) is 3.94. The molecule has 1 amide bonds. The first-order valence-corrected chi connectivity index (χ1v) is 12.7. The molecule has 1 aliphatic carbocycles. The summed E-state index contributed by atoms with van der Waals surface area (Å²) >= 11 is 0. The van der Waals surface area contributed by atoms with Crippen LogP contribution < -0.4 is 4.74 Å². The zero-order chi connectivity index (χ0) is 24.7. The maximum absolute atomic E-state index is 13.4. The summed E-state index contributed by atoms with van der Waals surface area (Å²) in [6.45, 7) is 3.61. The molecule has 3 aliphatic rings. The number of benzene rings is 3. The molecule has 3 aromatic carbocycles. The number of rotatable bonds is 5. The molecule has 0 radical (unpaired) electrons. The van der Waals surface area contributed by atoms with Gasteiger partial charge in [-0.15, -0.1) is 0 Å². The monoisotopic (exact) mass is 485 g/mol. The Morgan fingerprint density at radius 1 is 0.944 bits per heavy atom. The topological polar surface area (TPSA) is 68.2 Å². The molecule has 0 saturated carbocycles. The summed E-state index contributed by atoms with van der Waals surface area (Å²) < 4.78 is 17.3. The fraction of sp³-hybridized carbons (Fsp3) is 0.367. The second kappa shape index (κ2) is 9.26. The van der Waals surface area contributed by atoms with Crippen LogP contribution in [0.4, 0.5) is 4.79 Å². The Balaban J connectivity index is 1.18. The average molecular weight is 486 g/mol. The van der Waals surface area contributed by atoms with Crippen LogP contribution in [0.2, 0.25) is 0 Å². The summed E-state index contributed by atoms with van der Waals surface area (Å²) in [5.41, 5.74) is 4.62. The Labute approximate surface area is 211 Å². The van der Waals surface area contributed by atoms with E-state index in [2.05, 4.69) is 24.3 Å². The summed E-state index contributed by atoms with van der Waals surface area (Å²) in [5, 5.41) is 11.6. The Morgan fingerprint density at radius 2 is 1.53 bits per heavy atom. The number of morpholine rings is 1. The minimum Gasteiger partial charge on any atom is -0.494 e. The van der Waals surface area contributed by atoms with Crippen molar-refractivity contribution in [2.75, 3.05) is 26.4 Å².